The minimum Gasteiger partial charge on any atom is -0.461 e. The fourth-order valence-corrected chi connectivity index (χ4v) is 2.72. The number of hydrogen-bond acceptors (Lipinski definition) is 7. The number of ether oxygens (including phenoxy) is 2. The number of nitrogens with zero attached hydrogens (tertiary/aromatic N) is 1. The SMILES string of the molecule is COC1(C(=O)N[C@@H](CCC(=O)C=N)C(=O)OC(C)C)CCN(C)CC1. The molecule has 25 heavy (non-hydrogen) atoms. The Bertz CT molecular complexity index is 499. The van der Waals surface area contributed by atoms with E-state index < -0.39 is 23.4 Å². The van der Waals surface area contributed by atoms with E-state index in [9.17, 15) is 14.4 Å². The average molecular weight is 355 g/mol. The number of amides is 1. The number of nitrogens with one attached hydrogen (secondary N) is 2. The van der Waals surface area contributed by atoms with Gasteiger partial charge in [0.05, 0.1) is 12.3 Å². The predicted octanol–water partition coefficient (Wildman–Crippen LogP) is 0.532. The third-order valence-corrected chi connectivity index (χ3v) is 4.38. The molecule has 8 nitrogen and oxygen atoms in total. The molecule has 0 unspecified atom stereocenters. The van der Waals surface area contributed by atoms with E-state index in [1.54, 1.807) is 13.8 Å². The molecule has 8 heteroatoms. The molecular weight excluding hydrogens is 326 g/mol. The highest BCUT2D eigenvalue weighted by Gasteiger charge is 2.42. The fraction of sp³-hybridized carbons (Fsp3) is 0.765. The first-order chi connectivity index (χ1) is 11.7. The summed E-state index contributed by atoms with van der Waals surface area (Å²) >= 11 is 0. The highest BCUT2D eigenvalue weighted by atomic mass is 16.5. The summed E-state index contributed by atoms with van der Waals surface area (Å²) in [6, 6.07) is -0.939. The smallest absolute Gasteiger partial charge is 0.328 e. The second-order valence-electron chi connectivity index (χ2n) is 6.66. The summed E-state index contributed by atoms with van der Waals surface area (Å²) in [4.78, 5) is 38.5. The predicted molar refractivity (Wildman–Crippen MR) is 92.7 cm³/mol. The number of carbonyl (C=O) groups is 3. The lowest BCUT2D eigenvalue weighted by Gasteiger charge is -2.38. The zero-order valence-electron chi connectivity index (χ0n) is 15.5. The Morgan fingerprint density at radius 3 is 2.36 bits per heavy atom. The van der Waals surface area contributed by atoms with E-state index in [0.29, 0.717) is 32.1 Å². The molecule has 1 saturated heterocycles. The molecule has 1 atom stereocenters. The van der Waals surface area contributed by atoms with Crippen LogP contribution in [0.1, 0.15) is 39.5 Å². The van der Waals surface area contributed by atoms with E-state index in [1.807, 2.05) is 7.05 Å². The van der Waals surface area contributed by atoms with Gasteiger partial charge in [-0.25, -0.2) is 4.79 Å². The minimum absolute atomic E-state index is 0.00956. The van der Waals surface area contributed by atoms with Crippen LogP contribution in [0.5, 0.6) is 0 Å². The molecule has 0 bridgehead atoms. The lowest BCUT2D eigenvalue weighted by atomic mass is 9.89. The summed E-state index contributed by atoms with van der Waals surface area (Å²) in [7, 11) is 3.47. The first-order valence-corrected chi connectivity index (χ1v) is 8.52. The van der Waals surface area contributed by atoms with Crippen LogP contribution in [0.2, 0.25) is 0 Å². The number of ketones is 1. The molecule has 2 N–H and O–H groups in total. The van der Waals surface area contributed by atoms with Crippen LogP contribution in [0.3, 0.4) is 0 Å². The van der Waals surface area contributed by atoms with Gasteiger partial charge in [0.25, 0.3) is 5.91 Å². The van der Waals surface area contributed by atoms with Crippen molar-refractivity contribution in [2.75, 3.05) is 27.2 Å². The fourth-order valence-electron chi connectivity index (χ4n) is 2.72. The Balaban J connectivity index is 2.82. The van der Waals surface area contributed by atoms with Crippen molar-refractivity contribution >= 4 is 23.9 Å². The average Bonchev–Trinajstić information content (AvgIpc) is 2.58. The van der Waals surface area contributed by atoms with Crippen molar-refractivity contribution in [3.8, 4) is 0 Å². The molecule has 0 saturated carbocycles. The van der Waals surface area contributed by atoms with Crippen LogP contribution in [-0.4, -0.2) is 73.8 Å². The topological polar surface area (TPSA) is 109 Å². The van der Waals surface area contributed by atoms with Crippen molar-refractivity contribution in [2.24, 2.45) is 0 Å². The van der Waals surface area contributed by atoms with Crippen LogP contribution in [0.15, 0.2) is 0 Å². The van der Waals surface area contributed by atoms with Gasteiger partial charge in [-0.3, -0.25) is 9.59 Å². The van der Waals surface area contributed by atoms with E-state index in [1.165, 1.54) is 7.11 Å². The van der Waals surface area contributed by atoms with E-state index in [-0.39, 0.29) is 24.9 Å². The summed E-state index contributed by atoms with van der Waals surface area (Å²) in [6.07, 6.45) is 1.51. The Morgan fingerprint density at radius 1 is 1.28 bits per heavy atom. The highest BCUT2D eigenvalue weighted by molar-refractivity contribution is 6.26. The van der Waals surface area contributed by atoms with Gasteiger partial charge in [0.2, 0.25) is 0 Å². The molecular formula is C17H29N3O5. The number of likely N-dealkylation sites (tertiary alicyclic amines) is 1. The van der Waals surface area contributed by atoms with E-state index in [0.717, 1.165) is 0 Å². The van der Waals surface area contributed by atoms with Gasteiger partial charge in [-0.2, -0.15) is 0 Å². The van der Waals surface area contributed by atoms with Gasteiger partial charge >= 0.3 is 5.97 Å². The minimum atomic E-state index is -0.978. The maximum Gasteiger partial charge on any atom is 0.328 e. The van der Waals surface area contributed by atoms with Crippen molar-refractivity contribution in [1.82, 2.24) is 10.2 Å². The summed E-state index contributed by atoms with van der Waals surface area (Å²) < 4.78 is 10.7. The third kappa shape index (κ3) is 6.21. The Labute approximate surface area is 148 Å². The summed E-state index contributed by atoms with van der Waals surface area (Å²) in [5.41, 5.74) is -0.978. The first kappa shape index (κ1) is 21.2. The van der Waals surface area contributed by atoms with Gasteiger partial charge in [-0.05, 0) is 40.2 Å². The lowest BCUT2D eigenvalue weighted by molar-refractivity contribution is -0.158. The second kappa shape index (κ2) is 9.62. The zero-order chi connectivity index (χ0) is 19.0. The summed E-state index contributed by atoms with van der Waals surface area (Å²) in [6.45, 7) is 4.86. The zero-order valence-corrected chi connectivity index (χ0v) is 15.5. The van der Waals surface area contributed by atoms with Crippen molar-refractivity contribution < 1.29 is 23.9 Å². The molecule has 1 heterocycles. The molecule has 0 spiro atoms. The van der Waals surface area contributed by atoms with Gasteiger partial charge in [0.15, 0.2) is 5.78 Å². The second-order valence-corrected chi connectivity index (χ2v) is 6.66. The van der Waals surface area contributed by atoms with Crippen molar-refractivity contribution in [2.45, 2.75) is 57.3 Å². The molecule has 0 aliphatic carbocycles. The highest BCUT2D eigenvalue weighted by Crippen LogP contribution is 2.26. The standard InChI is InChI=1S/C17H29N3O5/c1-12(2)25-15(22)14(6-5-13(21)11-18)19-16(23)17(24-4)7-9-20(3)10-8-17/h11-12,14,18H,5-10H2,1-4H3,(H,19,23)/t14-/m0/s1. The molecule has 0 aromatic heterocycles. The summed E-state index contributed by atoms with van der Waals surface area (Å²) in [5.74, 6) is -1.35. The number of esters is 1. The van der Waals surface area contributed by atoms with E-state index >= 15 is 0 Å². The molecule has 0 aromatic carbocycles. The number of rotatable bonds is 9. The van der Waals surface area contributed by atoms with Crippen LogP contribution in [0, 0.1) is 5.41 Å². The Morgan fingerprint density at radius 2 is 1.88 bits per heavy atom. The molecule has 0 aromatic rings. The molecule has 1 fully saturated rings. The number of carbonyl (C=O) groups excluding carboxylic acids is 3. The number of Topliss-reactive ketones (excluding diaryl/α,β-unsaturated/α-hetero) is 1. The summed E-state index contributed by atoms with van der Waals surface area (Å²) in [5, 5.41) is 9.65. The number of hydrogen-bond donors (Lipinski definition) is 2. The molecule has 1 rings (SSSR count). The molecule has 1 amide bonds. The lowest BCUT2D eigenvalue weighted by Crippen LogP contribution is -2.57. The van der Waals surface area contributed by atoms with Crippen molar-refractivity contribution in [3.05, 3.63) is 0 Å². The van der Waals surface area contributed by atoms with Gasteiger partial charge in [0, 0.05) is 26.6 Å². The first-order valence-electron chi connectivity index (χ1n) is 8.52. The normalized spacial score (nSPS) is 18.4. The van der Waals surface area contributed by atoms with Gasteiger partial charge in [-0.15, -0.1) is 0 Å². The van der Waals surface area contributed by atoms with Crippen LogP contribution in [0.4, 0.5) is 0 Å². The molecule has 1 aliphatic rings. The van der Waals surface area contributed by atoms with Gasteiger partial charge < -0.3 is 25.1 Å². The van der Waals surface area contributed by atoms with Crippen LogP contribution < -0.4 is 5.32 Å². The van der Waals surface area contributed by atoms with Gasteiger partial charge in [-0.1, -0.05) is 0 Å². The number of piperidine rings is 1. The maximum absolute atomic E-state index is 12.8. The Kier molecular flexibility index (Phi) is 8.18. The van der Waals surface area contributed by atoms with Crippen molar-refractivity contribution in [3.63, 3.8) is 0 Å². The Hall–Kier alpha value is -1.80. The van der Waals surface area contributed by atoms with Crippen LogP contribution in [-0.2, 0) is 23.9 Å². The quantitative estimate of drug-likeness (QED) is 0.461. The van der Waals surface area contributed by atoms with Gasteiger partial charge in [0.1, 0.15) is 11.6 Å². The molecule has 0 radical (unpaired) electrons. The largest absolute Gasteiger partial charge is 0.461 e. The number of methoxy groups -OCH3 is 1. The maximum atomic E-state index is 12.8. The van der Waals surface area contributed by atoms with Crippen LogP contribution in [0.25, 0.3) is 0 Å². The molecule has 142 valence electrons. The van der Waals surface area contributed by atoms with E-state index in [4.69, 9.17) is 14.9 Å². The van der Waals surface area contributed by atoms with Crippen molar-refractivity contribution in [1.29, 1.82) is 5.41 Å². The van der Waals surface area contributed by atoms with Crippen LogP contribution >= 0.6 is 0 Å². The van der Waals surface area contributed by atoms with E-state index in [2.05, 4.69) is 10.2 Å². The monoisotopic (exact) mass is 355 g/mol. The third-order valence-electron chi connectivity index (χ3n) is 4.38. The molecule has 1 aliphatic heterocycles.